The summed E-state index contributed by atoms with van der Waals surface area (Å²) in [5, 5.41) is 11.1. The summed E-state index contributed by atoms with van der Waals surface area (Å²) in [6.07, 6.45) is 2.14. The summed E-state index contributed by atoms with van der Waals surface area (Å²) in [6.45, 7) is 3.26. The molecule has 0 aromatic heterocycles. The van der Waals surface area contributed by atoms with Gasteiger partial charge >= 0.3 is 11.9 Å². The van der Waals surface area contributed by atoms with Crippen molar-refractivity contribution >= 4 is 18.0 Å². The van der Waals surface area contributed by atoms with Crippen LogP contribution in [0.15, 0.2) is 103 Å². The molecule has 4 aromatic carbocycles. The van der Waals surface area contributed by atoms with E-state index in [2.05, 4.69) is 0 Å². The van der Waals surface area contributed by atoms with Crippen LogP contribution in [0.4, 0.5) is 0 Å². The molecule has 0 fully saturated rings. The van der Waals surface area contributed by atoms with E-state index in [9.17, 15) is 14.7 Å². The molecule has 0 bridgehead atoms. The number of carbonyl (C=O) groups is 2. The smallest absolute Gasteiger partial charge is 0.308 e. The Morgan fingerprint density at radius 3 is 1.90 bits per heavy atom. The van der Waals surface area contributed by atoms with Crippen molar-refractivity contribution in [3.63, 3.8) is 0 Å². The number of benzene rings is 4. The van der Waals surface area contributed by atoms with Crippen molar-refractivity contribution < 1.29 is 33.6 Å². The largest absolute Gasteiger partial charge is 0.489 e. The number of aliphatic hydroxyl groups excluding tert-OH is 1. The quantitative estimate of drug-likeness (QED) is 0.174. The molecule has 4 rings (SSSR count). The normalized spacial score (nSPS) is 11.6. The Balaban J connectivity index is 1.54. The van der Waals surface area contributed by atoms with Gasteiger partial charge in [-0.05, 0) is 35.4 Å². The van der Waals surface area contributed by atoms with E-state index in [4.69, 9.17) is 18.9 Å². The lowest BCUT2D eigenvalue weighted by Crippen LogP contribution is -2.05. The van der Waals surface area contributed by atoms with Crippen molar-refractivity contribution in [1.82, 2.24) is 0 Å². The lowest BCUT2D eigenvalue weighted by atomic mass is 10.1. The van der Waals surface area contributed by atoms with Crippen molar-refractivity contribution in [3.8, 4) is 23.0 Å². The number of hydrogen-bond acceptors (Lipinski definition) is 7. The third kappa shape index (κ3) is 8.31. The fraction of sp³-hybridized carbons (Fsp3) is 0.152. The van der Waals surface area contributed by atoms with Gasteiger partial charge in [-0.3, -0.25) is 9.59 Å². The fourth-order valence-corrected chi connectivity index (χ4v) is 3.87. The number of hydrogen-bond donors (Lipinski definition) is 1. The van der Waals surface area contributed by atoms with Crippen LogP contribution in [0.3, 0.4) is 0 Å². The van der Waals surface area contributed by atoms with E-state index in [1.165, 1.54) is 13.8 Å². The van der Waals surface area contributed by atoms with Crippen LogP contribution >= 0.6 is 0 Å². The second-order valence-electron chi connectivity index (χ2n) is 8.94. The van der Waals surface area contributed by atoms with Crippen LogP contribution in [0, 0.1) is 0 Å². The monoisotopic (exact) mass is 538 g/mol. The van der Waals surface area contributed by atoms with E-state index < -0.39 is 18.0 Å². The lowest BCUT2D eigenvalue weighted by Gasteiger charge is -2.16. The molecule has 40 heavy (non-hydrogen) atoms. The SMILES string of the molecule is CC(=O)Oc1ccc(C(O)C=Cc2ccc(OCc3ccccc3)cc2OC(C)=O)c(OCc2ccccc2)c1. The van der Waals surface area contributed by atoms with Gasteiger partial charge in [0.05, 0.1) is 0 Å². The molecule has 0 radical (unpaired) electrons. The standard InChI is InChI=1S/C33H30O7/c1-23(34)39-29-16-17-30(33(20-29)38-22-26-11-7-4-8-12-26)31(36)18-14-27-13-15-28(19-32(27)40-24(2)35)37-21-25-9-5-3-6-10-25/h3-20,31,36H,21-22H2,1-2H3. The second kappa shape index (κ2) is 13.8. The Morgan fingerprint density at radius 2 is 1.27 bits per heavy atom. The van der Waals surface area contributed by atoms with Crippen LogP contribution in [0.2, 0.25) is 0 Å². The second-order valence-corrected chi connectivity index (χ2v) is 8.94. The van der Waals surface area contributed by atoms with Gasteiger partial charge in [0.15, 0.2) is 0 Å². The van der Waals surface area contributed by atoms with Gasteiger partial charge in [-0.2, -0.15) is 0 Å². The highest BCUT2D eigenvalue weighted by Gasteiger charge is 2.15. The summed E-state index contributed by atoms with van der Waals surface area (Å²) in [5.41, 5.74) is 3.00. The summed E-state index contributed by atoms with van der Waals surface area (Å²) >= 11 is 0. The Bertz CT molecular complexity index is 1460. The average Bonchev–Trinajstić information content (AvgIpc) is 2.95. The zero-order valence-electron chi connectivity index (χ0n) is 22.3. The minimum atomic E-state index is -1.07. The maximum absolute atomic E-state index is 11.8. The van der Waals surface area contributed by atoms with Gasteiger partial charge < -0.3 is 24.1 Å². The summed E-state index contributed by atoms with van der Waals surface area (Å²) in [6, 6.07) is 29.3. The van der Waals surface area contributed by atoms with Crippen molar-refractivity contribution in [2.24, 2.45) is 0 Å². The van der Waals surface area contributed by atoms with Gasteiger partial charge in [-0.15, -0.1) is 0 Å². The van der Waals surface area contributed by atoms with E-state index in [-0.39, 0.29) is 6.61 Å². The molecule has 1 unspecified atom stereocenters. The molecule has 0 spiro atoms. The van der Waals surface area contributed by atoms with Crippen LogP contribution in [-0.2, 0) is 22.8 Å². The average molecular weight is 539 g/mol. The van der Waals surface area contributed by atoms with Gasteiger partial charge in [-0.1, -0.05) is 72.8 Å². The highest BCUT2D eigenvalue weighted by Crippen LogP contribution is 2.33. The minimum Gasteiger partial charge on any atom is -0.489 e. The first-order valence-corrected chi connectivity index (χ1v) is 12.7. The number of ether oxygens (including phenoxy) is 4. The maximum atomic E-state index is 11.8. The van der Waals surface area contributed by atoms with Crippen LogP contribution < -0.4 is 18.9 Å². The highest BCUT2D eigenvalue weighted by atomic mass is 16.5. The summed E-state index contributed by atoms with van der Waals surface area (Å²) < 4.78 is 22.5. The Hall–Kier alpha value is -4.88. The number of aliphatic hydroxyl groups is 1. The molecule has 1 N–H and O–H groups in total. The molecule has 1 atom stereocenters. The van der Waals surface area contributed by atoms with Crippen molar-refractivity contribution in [3.05, 3.63) is 125 Å². The zero-order chi connectivity index (χ0) is 28.3. The van der Waals surface area contributed by atoms with Crippen LogP contribution in [0.1, 0.15) is 42.2 Å². The molecule has 4 aromatic rings. The van der Waals surface area contributed by atoms with Crippen LogP contribution in [0.25, 0.3) is 6.08 Å². The molecule has 0 saturated heterocycles. The third-order valence-electron chi connectivity index (χ3n) is 5.75. The summed E-state index contributed by atoms with van der Waals surface area (Å²) in [7, 11) is 0. The first-order chi connectivity index (χ1) is 19.4. The predicted molar refractivity (Wildman–Crippen MR) is 151 cm³/mol. The van der Waals surface area contributed by atoms with Crippen LogP contribution in [0.5, 0.6) is 23.0 Å². The minimum absolute atomic E-state index is 0.259. The molecular formula is C33H30O7. The Morgan fingerprint density at radius 1 is 0.700 bits per heavy atom. The predicted octanol–water partition coefficient (Wildman–Crippen LogP) is 6.44. The Kier molecular flexibility index (Phi) is 9.69. The number of rotatable bonds is 11. The molecule has 0 aliphatic rings. The molecule has 0 aliphatic carbocycles. The summed E-state index contributed by atoms with van der Waals surface area (Å²) in [5.74, 6) is 0.565. The zero-order valence-corrected chi connectivity index (χ0v) is 22.3. The summed E-state index contributed by atoms with van der Waals surface area (Å²) in [4.78, 5) is 23.2. The van der Waals surface area contributed by atoms with Gasteiger partial charge in [0.2, 0.25) is 0 Å². The molecule has 0 saturated carbocycles. The van der Waals surface area contributed by atoms with Crippen molar-refractivity contribution in [1.29, 1.82) is 0 Å². The molecule has 0 aliphatic heterocycles. The highest BCUT2D eigenvalue weighted by molar-refractivity contribution is 5.72. The molecule has 0 heterocycles. The third-order valence-corrected chi connectivity index (χ3v) is 5.75. The number of esters is 2. The topological polar surface area (TPSA) is 91.3 Å². The van der Waals surface area contributed by atoms with Gasteiger partial charge in [0.25, 0.3) is 0 Å². The molecule has 7 heteroatoms. The van der Waals surface area contributed by atoms with E-state index in [0.717, 1.165) is 11.1 Å². The molecule has 0 amide bonds. The first-order valence-electron chi connectivity index (χ1n) is 12.7. The first kappa shape index (κ1) is 28.1. The van der Waals surface area contributed by atoms with E-state index >= 15 is 0 Å². The van der Waals surface area contributed by atoms with E-state index in [0.29, 0.717) is 40.7 Å². The van der Waals surface area contributed by atoms with Gasteiger partial charge in [-0.25, -0.2) is 0 Å². The fourth-order valence-electron chi connectivity index (χ4n) is 3.87. The molecule has 204 valence electrons. The van der Waals surface area contributed by atoms with E-state index in [1.807, 2.05) is 60.7 Å². The maximum Gasteiger partial charge on any atom is 0.308 e. The number of carbonyl (C=O) groups excluding carboxylic acids is 2. The van der Waals surface area contributed by atoms with Gasteiger partial charge in [0, 0.05) is 37.1 Å². The lowest BCUT2D eigenvalue weighted by molar-refractivity contribution is -0.132. The molecule has 7 nitrogen and oxygen atoms in total. The van der Waals surface area contributed by atoms with Crippen LogP contribution in [-0.4, -0.2) is 17.0 Å². The van der Waals surface area contributed by atoms with E-state index in [1.54, 1.807) is 48.6 Å². The Labute approximate surface area is 233 Å². The molecular weight excluding hydrogens is 508 g/mol. The van der Waals surface area contributed by atoms with Crippen molar-refractivity contribution in [2.75, 3.05) is 0 Å². The van der Waals surface area contributed by atoms with Gasteiger partial charge in [0.1, 0.15) is 42.3 Å². The van der Waals surface area contributed by atoms with Crippen molar-refractivity contribution in [2.45, 2.75) is 33.2 Å².